The van der Waals surface area contributed by atoms with E-state index < -0.39 is 117 Å². The van der Waals surface area contributed by atoms with Crippen LogP contribution in [0.1, 0.15) is 246 Å². The fourth-order valence-electron chi connectivity index (χ4n) is 10.4. The van der Waals surface area contributed by atoms with Crippen molar-refractivity contribution in [1.29, 1.82) is 0 Å². The van der Waals surface area contributed by atoms with E-state index in [0.717, 1.165) is 57.8 Å². The van der Waals surface area contributed by atoms with Crippen molar-refractivity contribution in [3.8, 4) is 0 Å². The number of aliphatic hydroxyl groups is 9. The summed E-state index contributed by atoms with van der Waals surface area (Å²) in [4.78, 5) is 25.4. The minimum atomic E-state index is -1.86. The first-order valence-corrected chi connectivity index (χ1v) is 30.3. The molecule has 0 aromatic rings. The van der Waals surface area contributed by atoms with Gasteiger partial charge in [0.05, 0.1) is 32.0 Å². The van der Waals surface area contributed by atoms with Crippen LogP contribution in [0, 0.1) is 5.92 Å². The molecule has 1 unspecified atom stereocenters. The largest absolute Gasteiger partial charge is 0.394 e. The number of amides is 2. The maximum atomic E-state index is 13.4. The zero-order chi connectivity index (χ0) is 55.2. The molecule has 0 saturated carbocycles. The van der Waals surface area contributed by atoms with Crippen molar-refractivity contribution in [1.82, 2.24) is 10.6 Å². The molecule has 2 heterocycles. The lowest BCUT2D eigenvalue weighted by Gasteiger charge is -2.47. The number of ether oxygens (including phenoxy) is 4. The molecule has 0 bridgehead atoms. The van der Waals surface area contributed by atoms with E-state index in [4.69, 9.17) is 18.9 Å². The Bertz CT molecular complexity index is 1390. The molecule has 2 aliphatic heterocycles. The van der Waals surface area contributed by atoms with Crippen LogP contribution in [0.3, 0.4) is 0 Å². The Labute approximate surface area is 453 Å². The molecular weight excluding hydrogens is 965 g/mol. The smallest absolute Gasteiger partial charge is 0.249 e. The molecule has 2 aliphatic rings. The van der Waals surface area contributed by atoms with Gasteiger partial charge in [0.1, 0.15) is 61.0 Å². The molecule has 0 aromatic carbocycles. The predicted molar refractivity (Wildman–Crippen MR) is 291 cm³/mol. The van der Waals surface area contributed by atoms with E-state index in [-0.39, 0.29) is 12.8 Å². The molecular formula is C58H112N2O15. The minimum absolute atomic E-state index is 0.202. The zero-order valence-electron chi connectivity index (χ0n) is 47.3. The van der Waals surface area contributed by atoms with Crippen LogP contribution in [0.2, 0.25) is 0 Å². The molecule has 2 saturated heterocycles. The summed E-state index contributed by atoms with van der Waals surface area (Å²) >= 11 is 0. The van der Waals surface area contributed by atoms with E-state index in [1.165, 1.54) is 148 Å². The Kier molecular flexibility index (Phi) is 40.1. The molecule has 17 nitrogen and oxygen atoms in total. The second-order valence-electron chi connectivity index (χ2n) is 22.4. The zero-order valence-corrected chi connectivity index (χ0v) is 47.3. The Morgan fingerprint density at radius 3 is 1.40 bits per heavy atom. The summed E-state index contributed by atoms with van der Waals surface area (Å²) in [5.41, 5.74) is 0. The third kappa shape index (κ3) is 29.5. The van der Waals surface area contributed by atoms with Crippen molar-refractivity contribution in [3.63, 3.8) is 0 Å². The molecule has 0 aromatic heterocycles. The third-order valence-electron chi connectivity index (χ3n) is 15.7. The van der Waals surface area contributed by atoms with Gasteiger partial charge >= 0.3 is 0 Å². The normalized spacial score (nSPS) is 26.1. The van der Waals surface area contributed by atoms with Crippen molar-refractivity contribution >= 4 is 11.8 Å². The fraction of sp³-hybridized carbons (Fsp3) is 0.966. The predicted octanol–water partition coefficient (Wildman–Crippen LogP) is 7.28. The SMILES string of the molecule is CCCCCCCCCCCCCCCCCCCCCC[C@@H](O)C(=O)N[C@@H](CO[C@H]1O[C@H](CO)[C@H](O[C@H]2O[C@H](CO)[C@@H](O)[C@H](O)[C@H]2NC(C)=O)[C@H](O)[C@H]1O)[C@H](O)[C@H](O)CCCCCCCCCCCCC(C)CC. The lowest BCUT2D eigenvalue weighted by atomic mass is 9.95. The molecule has 11 N–H and O–H groups in total. The number of hydrogen-bond acceptors (Lipinski definition) is 15. The summed E-state index contributed by atoms with van der Waals surface area (Å²) in [5.74, 6) is -0.574. The van der Waals surface area contributed by atoms with Gasteiger partial charge in [-0.3, -0.25) is 9.59 Å². The first-order chi connectivity index (χ1) is 36.2. The quantitative estimate of drug-likeness (QED) is 0.0267. The maximum absolute atomic E-state index is 13.4. The van der Waals surface area contributed by atoms with Gasteiger partial charge in [-0.1, -0.05) is 226 Å². The van der Waals surface area contributed by atoms with Crippen molar-refractivity contribution in [2.24, 2.45) is 5.92 Å². The molecule has 0 radical (unpaired) electrons. The van der Waals surface area contributed by atoms with Crippen LogP contribution in [0.15, 0.2) is 0 Å². The van der Waals surface area contributed by atoms with E-state index in [9.17, 15) is 55.5 Å². The van der Waals surface area contributed by atoms with Crippen LogP contribution in [0.5, 0.6) is 0 Å². The van der Waals surface area contributed by atoms with Crippen LogP contribution >= 0.6 is 0 Å². The lowest BCUT2D eigenvalue weighted by molar-refractivity contribution is -0.347. The van der Waals surface area contributed by atoms with Crippen LogP contribution in [-0.2, 0) is 28.5 Å². The summed E-state index contributed by atoms with van der Waals surface area (Å²) in [6, 6.07) is -2.67. The first-order valence-electron chi connectivity index (χ1n) is 30.3. The maximum Gasteiger partial charge on any atom is 0.249 e. The second kappa shape index (κ2) is 43.2. The van der Waals surface area contributed by atoms with Crippen LogP contribution < -0.4 is 10.6 Å². The number of unbranched alkanes of at least 4 members (excludes halogenated alkanes) is 28. The molecule has 2 amide bonds. The van der Waals surface area contributed by atoms with Crippen molar-refractivity contribution < 1.29 is 74.5 Å². The molecule has 444 valence electrons. The Hall–Kier alpha value is -1.58. The summed E-state index contributed by atoms with van der Waals surface area (Å²) < 4.78 is 23.2. The van der Waals surface area contributed by atoms with E-state index in [1.54, 1.807) is 0 Å². The van der Waals surface area contributed by atoms with Gasteiger partial charge in [-0.05, 0) is 18.8 Å². The minimum Gasteiger partial charge on any atom is -0.394 e. The number of carbonyl (C=O) groups is 2. The van der Waals surface area contributed by atoms with E-state index in [0.29, 0.717) is 12.8 Å². The first kappa shape index (κ1) is 69.5. The average molecular weight is 1080 g/mol. The number of aliphatic hydroxyl groups excluding tert-OH is 9. The highest BCUT2D eigenvalue weighted by molar-refractivity contribution is 5.80. The Morgan fingerprint density at radius 1 is 0.533 bits per heavy atom. The van der Waals surface area contributed by atoms with Gasteiger partial charge in [0, 0.05) is 6.92 Å². The van der Waals surface area contributed by atoms with Crippen LogP contribution in [-0.4, -0.2) is 163 Å². The topological polar surface area (TPSA) is 277 Å². The van der Waals surface area contributed by atoms with Gasteiger partial charge < -0.3 is 75.5 Å². The van der Waals surface area contributed by atoms with Gasteiger partial charge in [-0.2, -0.15) is 0 Å². The van der Waals surface area contributed by atoms with Gasteiger partial charge in [0.15, 0.2) is 12.6 Å². The monoisotopic (exact) mass is 1080 g/mol. The third-order valence-corrected chi connectivity index (χ3v) is 15.7. The Morgan fingerprint density at radius 2 is 0.960 bits per heavy atom. The van der Waals surface area contributed by atoms with Crippen LogP contribution in [0.4, 0.5) is 0 Å². The fourth-order valence-corrected chi connectivity index (χ4v) is 10.4. The van der Waals surface area contributed by atoms with E-state index >= 15 is 0 Å². The number of rotatable bonds is 47. The summed E-state index contributed by atoms with van der Waals surface area (Å²) in [6.07, 6.45) is 20.2. The average Bonchev–Trinajstić information content (AvgIpc) is 3.40. The molecule has 15 atom stereocenters. The number of nitrogens with one attached hydrogen (secondary N) is 2. The van der Waals surface area contributed by atoms with E-state index in [2.05, 4.69) is 31.4 Å². The lowest BCUT2D eigenvalue weighted by Crippen LogP contribution is -2.67. The highest BCUT2D eigenvalue weighted by atomic mass is 16.7. The second-order valence-corrected chi connectivity index (χ2v) is 22.4. The highest BCUT2D eigenvalue weighted by Gasteiger charge is 2.51. The molecule has 2 fully saturated rings. The Balaban J connectivity index is 1.89. The summed E-state index contributed by atoms with van der Waals surface area (Å²) in [6.45, 7) is 5.93. The van der Waals surface area contributed by atoms with Crippen molar-refractivity contribution in [2.75, 3.05) is 19.8 Å². The van der Waals surface area contributed by atoms with Crippen molar-refractivity contribution in [3.05, 3.63) is 0 Å². The molecule has 75 heavy (non-hydrogen) atoms. The summed E-state index contributed by atoms with van der Waals surface area (Å²) in [5, 5.41) is 102. The molecule has 0 aliphatic carbocycles. The van der Waals surface area contributed by atoms with Gasteiger partial charge in [0.25, 0.3) is 0 Å². The van der Waals surface area contributed by atoms with E-state index in [1.807, 2.05) is 0 Å². The standard InChI is InChI=1S/C58H112N2O15/c1-5-7-8-9-10-11-12-13-14-15-16-17-18-19-20-21-26-29-32-35-38-46(65)56(71)60-44(50(66)45(64)37-34-31-28-25-23-22-24-27-30-33-36-42(3)6-2)41-72-58-54(70)53(69)55(48(40-62)74-58)75-57-49(59-43(4)63)52(68)51(67)47(39-61)73-57/h42,44-55,57-58,61-62,64-70H,5-41H2,1-4H3,(H,59,63)(H,60,71)/t42?,44-,45+,46+,47+,48+,49+,50-,51+,52+,53+,54+,55-,57+,58-/m0/s1. The number of hydrogen-bond donors (Lipinski definition) is 11. The molecule has 2 rings (SSSR count). The highest BCUT2D eigenvalue weighted by Crippen LogP contribution is 2.30. The number of carbonyl (C=O) groups excluding carboxylic acids is 2. The van der Waals surface area contributed by atoms with Gasteiger partial charge in [0.2, 0.25) is 11.8 Å². The summed E-state index contributed by atoms with van der Waals surface area (Å²) in [7, 11) is 0. The molecule has 17 heteroatoms. The van der Waals surface area contributed by atoms with Gasteiger partial charge in [-0.25, -0.2) is 0 Å². The van der Waals surface area contributed by atoms with Crippen molar-refractivity contribution in [2.45, 2.75) is 332 Å². The van der Waals surface area contributed by atoms with Gasteiger partial charge in [-0.15, -0.1) is 0 Å². The van der Waals surface area contributed by atoms with Crippen LogP contribution in [0.25, 0.3) is 0 Å². The molecule has 0 spiro atoms.